The number of fused-ring (bicyclic) bond motifs is 1. The molecule has 1 saturated carbocycles. The van der Waals surface area contributed by atoms with Crippen LogP contribution in [0.15, 0.2) is 12.1 Å². The molecule has 172 valence electrons. The van der Waals surface area contributed by atoms with Gasteiger partial charge in [0.2, 0.25) is 11.9 Å². The standard InChI is InChI=1S/C23H31N5O4/c1-13-19(17-7-8-18-16(20(17)29)9-10-32-18)27-28-22(25-13)26-15-6-4-5-14(11-15)21(30)24-12-23(2,3)31/h7-8,14-15,29,31H,4-6,9-12H2,1-3H3,(H,24,30)(H,25,26,28)/t14-,15+/m0/s1. The van der Waals surface area contributed by atoms with Crippen molar-refractivity contribution >= 4 is 11.9 Å². The molecule has 1 aliphatic heterocycles. The number of rotatable bonds is 6. The number of benzene rings is 1. The predicted octanol–water partition coefficient (Wildman–Crippen LogP) is 2.35. The number of hydrogen-bond donors (Lipinski definition) is 4. The average molecular weight is 442 g/mol. The topological polar surface area (TPSA) is 129 Å². The highest BCUT2D eigenvalue weighted by Crippen LogP contribution is 2.40. The van der Waals surface area contributed by atoms with E-state index in [1.54, 1.807) is 19.9 Å². The summed E-state index contributed by atoms with van der Waals surface area (Å²) in [5.74, 6) is 1.16. The number of ether oxygens (including phenoxy) is 1. The van der Waals surface area contributed by atoms with Crippen molar-refractivity contribution in [1.82, 2.24) is 20.5 Å². The molecule has 9 nitrogen and oxygen atoms in total. The summed E-state index contributed by atoms with van der Waals surface area (Å²) in [7, 11) is 0. The third kappa shape index (κ3) is 4.93. The number of nitrogens with zero attached hydrogens (tertiary/aromatic N) is 3. The molecule has 1 amide bonds. The van der Waals surface area contributed by atoms with E-state index in [0.717, 1.165) is 24.8 Å². The fraction of sp³-hybridized carbons (Fsp3) is 0.565. The van der Waals surface area contributed by atoms with Gasteiger partial charge in [0.1, 0.15) is 17.2 Å². The number of aryl methyl sites for hydroxylation is 1. The highest BCUT2D eigenvalue weighted by Gasteiger charge is 2.29. The van der Waals surface area contributed by atoms with Crippen LogP contribution in [-0.4, -0.2) is 56.1 Å². The number of aliphatic hydroxyl groups is 1. The van der Waals surface area contributed by atoms with Crippen LogP contribution in [0.4, 0.5) is 5.95 Å². The van der Waals surface area contributed by atoms with Crippen LogP contribution in [0.5, 0.6) is 11.5 Å². The maximum absolute atomic E-state index is 12.5. The van der Waals surface area contributed by atoms with Crippen LogP contribution in [0.3, 0.4) is 0 Å². The second-order valence-corrected chi connectivity index (χ2v) is 9.34. The van der Waals surface area contributed by atoms with Crippen LogP contribution >= 0.6 is 0 Å². The summed E-state index contributed by atoms with van der Waals surface area (Å²) in [6.07, 6.45) is 4.02. The SMILES string of the molecule is Cc1nc(N[C@@H]2CCC[C@H](C(=O)NCC(C)(C)O)C2)nnc1-c1ccc2c(c1O)CCO2. The van der Waals surface area contributed by atoms with E-state index in [0.29, 0.717) is 48.1 Å². The van der Waals surface area contributed by atoms with Gasteiger partial charge in [-0.2, -0.15) is 0 Å². The fourth-order valence-corrected chi connectivity index (χ4v) is 4.35. The maximum Gasteiger partial charge on any atom is 0.243 e. The van der Waals surface area contributed by atoms with E-state index >= 15 is 0 Å². The average Bonchev–Trinajstić information content (AvgIpc) is 3.22. The van der Waals surface area contributed by atoms with Gasteiger partial charge in [0.05, 0.1) is 17.9 Å². The molecule has 1 fully saturated rings. The Kier molecular flexibility index (Phi) is 6.19. The lowest BCUT2D eigenvalue weighted by molar-refractivity contribution is -0.127. The first-order valence-electron chi connectivity index (χ1n) is 11.2. The van der Waals surface area contributed by atoms with Gasteiger partial charge in [0.15, 0.2) is 0 Å². The van der Waals surface area contributed by atoms with Crippen molar-refractivity contribution in [2.45, 2.75) is 64.5 Å². The number of aromatic hydroxyl groups is 1. The van der Waals surface area contributed by atoms with E-state index < -0.39 is 5.60 Å². The molecule has 0 saturated heterocycles. The molecule has 2 aromatic rings. The van der Waals surface area contributed by atoms with Crippen LogP contribution in [0.2, 0.25) is 0 Å². The monoisotopic (exact) mass is 441 g/mol. The van der Waals surface area contributed by atoms with Crippen LogP contribution in [0.25, 0.3) is 11.3 Å². The van der Waals surface area contributed by atoms with Crippen LogP contribution < -0.4 is 15.4 Å². The number of anilines is 1. The van der Waals surface area contributed by atoms with Crippen molar-refractivity contribution in [1.29, 1.82) is 0 Å². The minimum Gasteiger partial charge on any atom is -0.507 e. The first-order valence-corrected chi connectivity index (χ1v) is 11.2. The fourth-order valence-electron chi connectivity index (χ4n) is 4.35. The van der Waals surface area contributed by atoms with Crippen molar-refractivity contribution in [3.63, 3.8) is 0 Å². The lowest BCUT2D eigenvalue weighted by atomic mass is 9.85. The Labute approximate surface area is 187 Å². The van der Waals surface area contributed by atoms with Gasteiger partial charge in [-0.1, -0.05) is 6.42 Å². The first-order chi connectivity index (χ1) is 15.2. The van der Waals surface area contributed by atoms with E-state index in [1.807, 2.05) is 13.0 Å². The smallest absolute Gasteiger partial charge is 0.243 e. The summed E-state index contributed by atoms with van der Waals surface area (Å²) in [5, 5.41) is 35.2. The molecule has 9 heteroatoms. The minimum absolute atomic E-state index is 0.0275. The van der Waals surface area contributed by atoms with Crippen LogP contribution in [0, 0.1) is 12.8 Å². The molecule has 0 bridgehead atoms. The number of aromatic nitrogens is 3. The van der Waals surface area contributed by atoms with Crippen molar-refractivity contribution in [3.8, 4) is 22.8 Å². The van der Waals surface area contributed by atoms with Crippen LogP contribution in [-0.2, 0) is 11.2 Å². The summed E-state index contributed by atoms with van der Waals surface area (Å²) in [4.78, 5) is 17.0. The molecule has 32 heavy (non-hydrogen) atoms. The molecule has 1 aromatic heterocycles. The summed E-state index contributed by atoms with van der Waals surface area (Å²) >= 11 is 0. The van der Waals surface area contributed by atoms with Gasteiger partial charge < -0.3 is 25.6 Å². The molecule has 0 unspecified atom stereocenters. The Morgan fingerprint density at radius 2 is 2.09 bits per heavy atom. The zero-order valence-corrected chi connectivity index (χ0v) is 18.8. The van der Waals surface area contributed by atoms with E-state index in [2.05, 4.69) is 25.8 Å². The first kappa shape index (κ1) is 22.3. The molecule has 4 N–H and O–H groups in total. The zero-order chi connectivity index (χ0) is 22.9. The molecule has 0 radical (unpaired) electrons. The van der Waals surface area contributed by atoms with Crippen molar-refractivity contribution in [2.75, 3.05) is 18.5 Å². The number of carbonyl (C=O) groups excluding carboxylic acids is 1. The molecule has 2 aliphatic rings. The van der Waals surface area contributed by atoms with Gasteiger partial charge in [-0.05, 0) is 52.2 Å². The summed E-state index contributed by atoms with van der Waals surface area (Å²) in [5.41, 5.74) is 1.66. The predicted molar refractivity (Wildman–Crippen MR) is 120 cm³/mol. The van der Waals surface area contributed by atoms with Gasteiger partial charge in [0, 0.05) is 36.1 Å². The highest BCUT2D eigenvalue weighted by molar-refractivity contribution is 5.79. The van der Waals surface area contributed by atoms with Crippen molar-refractivity contribution in [2.24, 2.45) is 5.92 Å². The largest absolute Gasteiger partial charge is 0.507 e. The molecule has 2 heterocycles. The second kappa shape index (κ2) is 8.90. The molecular weight excluding hydrogens is 410 g/mol. The number of amides is 1. The molecular formula is C23H31N5O4. The lowest BCUT2D eigenvalue weighted by Crippen LogP contribution is -2.43. The highest BCUT2D eigenvalue weighted by atomic mass is 16.5. The van der Waals surface area contributed by atoms with E-state index in [1.165, 1.54) is 0 Å². The van der Waals surface area contributed by atoms with Gasteiger partial charge in [-0.3, -0.25) is 4.79 Å². The third-order valence-corrected chi connectivity index (χ3v) is 6.04. The van der Waals surface area contributed by atoms with E-state index in [-0.39, 0.29) is 30.2 Å². The Bertz CT molecular complexity index is 1000. The molecule has 0 spiro atoms. The minimum atomic E-state index is -0.930. The molecule has 1 aliphatic carbocycles. The third-order valence-electron chi connectivity index (χ3n) is 6.04. The second-order valence-electron chi connectivity index (χ2n) is 9.34. The summed E-state index contributed by atoms with van der Waals surface area (Å²) in [6, 6.07) is 3.69. The van der Waals surface area contributed by atoms with Crippen molar-refractivity contribution < 1.29 is 19.7 Å². The Hall–Kier alpha value is -2.94. The molecule has 2 atom stereocenters. The van der Waals surface area contributed by atoms with Crippen molar-refractivity contribution in [3.05, 3.63) is 23.4 Å². The number of phenolic OH excluding ortho intramolecular Hbond substituents is 1. The van der Waals surface area contributed by atoms with Gasteiger partial charge in [0.25, 0.3) is 0 Å². The molecule has 1 aromatic carbocycles. The van der Waals surface area contributed by atoms with E-state index in [9.17, 15) is 15.0 Å². The number of phenols is 1. The number of carbonyl (C=O) groups is 1. The van der Waals surface area contributed by atoms with Gasteiger partial charge >= 0.3 is 0 Å². The number of nitrogens with one attached hydrogen (secondary N) is 2. The number of hydrogen-bond acceptors (Lipinski definition) is 8. The van der Waals surface area contributed by atoms with Crippen LogP contribution in [0.1, 0.15) is 50.8 Å². The Morgan fingerprint density at radius 1 is 1.28 bits per heavy atom. The van der Waals surface area contributed by atoms with E-state index in [4.69, 9.17) is 4.74 Å². The Balaban J connectivity index is 1.42. The Morgan fingerprint density at radius 3 is 2.84 bits per heavy atom. The normalized spacial score (nSPS) is 20.4. The summed E-state index contributed by atoms with van der Waals surface area (Å²) in [6.45, 7) is 5.98. The molecule has 4 rings (SSSR count). The summed E-state index contributed by atoms with van der Waals surface area (Å²) < 4.78 is 5.50. The zero-order valence-electron chi connectivity index (χ0n) is 18.8. The lowest BCUT2D eigenvalue weighted by Gasteiger charge is -2.29. The maximum atomic E-state index is 12.5. The quantitative estimate of drug-likeness (QED) is 0.538. The van der Waals surface area contributed by atoms with Gasteiger partial charge in [-0.15, -0.1) is 10.2 Å². The van der Waals surface area contributed by atoms with Gasteiger partial charge in [-0.25, -0.2) is 4.98 Å².